The number of nitrogens with one attached hydrogen (secondary N) is 4. The van der Waals surface area contributed by atoms with Crippen LogP contribution in [0.15, 0.2) is 60.7 Å². The molecular weight excluding hydrogens is 396 g/mol. The minimum atomic E-state index is -0.881. The third-order valence-electron chi connectivity index (χ3n) is 5.03. The van der Waals surface area contributed by atoms with Crippen molar-refractivity contribution in [1.82, 2.24) is 21.3 Å². The SMILES string of the molecule is CC1NC(=O)C(Cc2ccccc2)NC(=O)CNC(=O)C(Cc2ccccc2)NC1=O. The van der Waals surface area contributed by atoms with Crippen LogP contribution in [-0.4, -0.2) is 48.3 Å². The maximum absolute atomic E-state index is 12.8. The molecule has 0 spiro atoms. The minimum absolute atomic E-state index is 0.261. The fourth-order valence-corrected chi connectivity index (χ4v) is 3.33. The van der Waals surface area contributed by atoms with Crippen molar-refractivity contribution in [2.75, 3.05) is 6.54 Å². The van der Waals surface area contributed by atoms with E-state index in [1.807, 2.05) is 60.7 Å². The maximum Gasteiger partial charge on any atom is 0.243 e. The molecule has 0 aliphatic carbocycles. The molecule has 3 rings (SSSR count). The molecule has 1 heterocycles. The average Bonchev–Trinajstić information content (AvgIpc) is 2.77. The van der Waals surface area contributed by atoms with E-state index < -0.39 is 41.8 Å². The second kappa shape index (κ2) is 10.4. The van der Waals surface area contributed by atoms with Gasteiger partial charge < -0.3 is 21.3 Å². The van der Waals surface area contributed by atoms with Gasteiger partial charge in [0.25, 0.3) is 0 Å². The van der Waals surface area contributed by atoms with Crippen molar-refractivity contribution in [2.24, 2.45) is 0 Å². The summed E-state index contributed by atoms with van der Waals surface area (Å²) in [6, 6.07) is 15.8. The second-order valence-electron chi connectivity index (χ2n) is 7.51. The van der Waals surface area contributed by atoms with Crippen LogP contribution in [0.25, 0.3) is 0 Å². The lowest BCUT2D eigenvalue weighted by Gasteiger charge is -2.25. The Bertz CT molecular complexity index is 894. The Labute approximate surface area is 180 Å². The van der Waals surface area contributed by atoms with Gasteiger partial charge in [-0.2, -0.15) is 0 Å². The molecule has 0 bridgehead atoms. The van der Waals surface area contributed by atoms with Crippen LogP contribution in [0.1, 0.15) is 18.1 Å². The Morgan fingerprint density at radius 2 is 1.19 bits per heavy atom. The van der Waals surface area contributed by atoms with E-state index >= 15 is 0 Å². The Kier molecular flexibility index (Phi) is 7.37. The number of carbonyl (C=O) groups is 4. The molecule has 1 saturated heterocycles. The van der Waals surface area contributed by atoms with Gasteiger partial charge in [-0.05, 0) is 18.1 Å². The van der Waals surface area contributed by atoms with E-state index in [0.717, 1.165) is 11.1 Å². The lowest BCUT2D eigenvalue weighted by atomic mass is 10.0. The predicted octanol–water partition coefficient (Wildman–Crippen LogP) is 0.0759. The molecule has 3 atom stereocenters. The van der Waals surface area contributed by atoms with Crippen LogP contribution in [0.2, 0.25) is 0 Å². The monoisotopic (exact) mass is 422 g/mol. The largest absolute Gasteiger partial charge is 0.345 e. The van der Waals surface area contributed by atoms with E-state index in [9.17, 15) is 19.2 Å². The molecule has 1 aliphatic heterocycles. The highest BCUT2D eigenvalue weighted by atomic mass is 16.2. The van der Waals surface area contributed by atoms with Crippen LogP contribution in [0.4, 0.5) is 0 Å². The molecule has 2 aromatic rings. The Morgan fingerprint density at radius 1 is 0.677 bits per heavy atom. The van der Waals surface area contributed by atoms with E-state index in [4.69, 9.17) is 0 Å². The Hall–Kier alpha value is -3.68. The fourth-order valence-electron chi connectivity index (χ4n) is 3.33. The molecule has 0 saturated carbocycles. The molecule has 8 nitrogen and oxygen atoms in total. The highest BCUT2D eigenvalue weighted by Gasteiger charge is 2.29. The number of carbonyl (C=O) groups excluding carboxylic acids is 4. The van der Waals surface area contributed by atoms with Crippen LogP contribution >= 0.6 is 0 Å². The van der Waals surface area contributed by atoms with Gasteiger partial charge in [-0.25, -0.2) is 0 Å². The van der Waals surface area contributed by atoms with Gasteiger partial charge in [0.1, 0.15) is 18.1 Å². The first-order chi connectivity index (χ1) is 14.9. The third kappa shape index (κ3) is 6.40. The first-order valence-electron chi connectivity index (χ1n) is 10.2. The predicted molar refractivity (Wildman–Crippen MR) is 115 cm³/mol. The van der Waals surface area contributed by atoms with Crippen molar-refractivity contribution >= 4 is 23.6 Å². The molecular formula is C23H26N4O4. The quantitative estimate of drug-likeness (QED) is 0.558. The van der Waals surface area contributed by atoms with Gasteiger partial charge in [0.2, 0.25) is 23.6 Å². The van der Waals surface area contributed by atoms with Crippen molar-refractivity contribution in [2.45, 2.75) is 37.9 Å². The summed E-state index contributed by atoms with van der Waals surface area (Å²) in [5, 5.41) is 10.5. The van der Waals surface area contributed by atoms with Crippen LogP contribution in [0.3, 0.4) is 0 Å². The van der Waals surface area contributed by atoms with Gasteiger partial charge in [-0.1, -0.05) is 60.7 Å². The summed E-state index contributed by atoms with van der Waals surface area (Å²) in [6.45, 7) is 1.24. The second-order valence-corrected chi connectivity index (χ2v) is 7.51. The zero-order chi connectivity index (χ0) is 22.2. The molecule has 0 aromatic heterocycles. The number of amides is 4. The first kappa shape index (κ1) is 22.0. The first-order valence-corrected chi connectivity index (χ1v) is 10.2. The smallest absolute Gasteiger partial charge is 0.243 e. The molecule has 0 radical (unpaired) electrons. The highest BCUT2D eigenvalue weighted by Crippen LogP contribution is 2.06. The summed E-state index contributed by atoms with van der Waals surface area (Å²) in [4.78, 5) is 50.5. The van der Waals surface area contributed by atoms with Gasteiger partial charge in [-0.3, -0.25) is 19.2 Å². The molecule has 1 fully saturated rings. The van der Waals surface area contributed by atoms with E-state index in [-0.39, 0.29) is 19.4 Å². The van der Waals surface area contributed by atoms with E-state index in [2.05, 4.69) is 21.3 Å². The summed E-state index contributed by atoms with van der Waals surface area (Å²) in [7, 11) is 0. The van der Waals surface area contributed by atoms with Crippen molar-refractivity contribution in [3.05, 3.63) is 71.8 Å². The third-order valence-corrected chi connectivity index (χ3v) is 5.03. The molecule has 31 heavy (non-hydrogen) atoms. The van der Waals surface area contributed by atoms with Crippen LogP contribution in [0, 0.1) is 0 Å². The Morgan fingerprint density at radius 3 is 1.74 bits per heavy atom. The van der Waals surface area contributed by atoms with Gasteiger partial charge in [0.05, 0.1) is 6.54 Å². The van der Waals surface area contributed by atoms with Crippen molar-refractivity contribution < 1.29 is 19.2 Å². The molecule has 162 valence electrons. The van der Waals surface area contributed by atoms with E-state index in [1.165, 1.54) is 6.92 Å². The highest BCUT2D eigenvalue weighted by molar-refractivity contribution is 5.96. The zero-order valence-corrected chi connectivity index (χ0v) is 17.3. The van der Waals surface area contributed by atoms with Crippen molar-refractivity contribution in [3.8, 4) is 0 Å². The normalized spacial score (nSPS) is 22.8. The molecule has 4 N–H and O–H groups in total. The Balaban J connectivity index is 1.76. The standard InChI is InChI=1S/C23H26N4O4/c1-15-21(29)27-18(12-16-8-4-2-5-9-16)22(30)24-14-20(28)26-19(23(31)25-15)13-17-10-6-3-7-11-17/h2-11,15,18-19H,12-14H2,1H3,(H,24,30)(H,25,31)(H,26,28)(H,27,29). The summed E-state index contributed by atoms with van der Waals surface area (Å²) in [6.07, 6.45) is 0.522. The van der Waals surface area contributed by atoms with Crippen LogP contribution in [0.5, 0.6) is 0 Å². The van der Waals surface area contributed by atoms with Gasteiger partial charge >= 0.3 is 0 Å². The molecule has 2 aromatic carbocycles. The molecule has 4 amide bonds. The molecule has 3 unspecified atom stereocenters. The number of hydrogen-bond donors (Lipinski definition) is 4. The zero-order valence-electron chi connectivity index (χ0n) is 17.3. The van der Waals surface area contributed by atoms with Gasteiger partial charge in [0, 0.05) is 12.8 Å². The van der Waals surface area contributed by atoms with Gasteiger partial charge in [-0.15, -0.1) is 0 Å². The van der Waals surface area contributed by atoms with Crippen LogP contribution in [-0.2, 0) is 32.0 Å². The van der Waals surface area contributed by atoms with E-state index in [0.29, 0.717) is 0 Å². The average molecular weight is 422 g/mol. The molecule has 1 aliphatic rings. The van der Waals surface area contributed by atoms with Crippen LogP contribution < -0.4 is 21.3 Å². The number of rotatable bonds is 4. The summed E-state index contributed by atoms with van der Waals surface area (Å²) in [5.74, 6) is -1.89. The maximum atomic E-state index is 12.8. The fraction of sp³-hybridized carbons (Fsp3) is 0.304. The lowest BCUT2D eigenvalue weighted by Crippen LogP contribution is -2.59. The van der Waals surface area contributed by atoms with E-state index in [1.54, 1.807) is 0 Å². The lowest BCUT2D eigenvalue weighted by molar-refractivity contribution is -0.135. The number of benzene rings is 2. The summed E-state index contributed by atoms with van der Waals surface area (Å²) >= 11 is 0. The van der Waals surface area contributed by atoms with Crippen molar-refractivity contribution in [3.63, 3.8) is 0 Å². The minimum Gasteiger partial charge on any atom is -0.345 e. The number of hydrogen-bond acceptors (Lipinski definition) is 4. The summed E-state index contributed by atoms with van der Waals surface area (Å²) in [5.41, 5.74) is 1.72. The topological polar surface area (TPSA) is 116 Å². The van der Waals surface area contributed by atoms with Crippen molar-refractivity contribution in [1.29, 1.82) is 0 Å². The van der Waals surface area contributed by atoms with Gasteiger partial charge in [0.15, 0.2) is 0 Å². The molecule has 8 heteroatoms. The summed E-state index contributed by atoms with van der Waals surface area (Å²) < 4.78 is 0.